The summed E-state index contributed by atoms with van der Waals surface area (Å²) in [4.78, 5) is 17.8. The number of aromatic nitrogens is 2. The zero-order valence-corrected chi connectivity index (χ0v) is 16.7. The van der Waals surface area contributed by atoms with Crippen molar-refractivity contribution in [3.8, 4) is 17.6 Å². The normalized spacial score (nSPS) is 11.3. The fourth-order valence-electron chi connectivity index (χ4n) is 2.68. The summed E-state index contributed by atoms with van der Waals surface area (Å²) in [6.07, 6.45) is -3.73. The van der Waals surface area contributed by atoms with Crippen LogP contribution in [0, 0.1) is 25.2 Å². The molecular weight excluding hydrogens is 427 g/mol. The minimum absolute atomic E-state index is 0.0592. The lowest BCUT2D eigenvalue weighted by Crippen LogP contribution is -2.25. The number of nitrogens with zero attached hydrogens (tertiary/aromatic N) is 3. The van der Waals surface area contributed by atoms with Gasteiger partial charge in [0.2, 0.25) is 5.75 Å². The third-order valence-corrected chi connectivity index (χ3v) is 5.24. The molecule has 0 amide bonds. The number of thiazole rings is 1. The molecule has 5 nitrogen and oxygen atoms in total. The summed E-state index contributed by atoms with van der Waals surface area (Å²) in [6.45, 7) is 3.63. The molecule has 2 heterocycles. The van der Waals surface area contributed by atoms with Crippen molar-refractivity contribution in [2.45, 2.75) is 26.6 Å². The van der Waals surface area contributed by atoms with E-state index >= 15 is 0 Å². The molecule has 0 atom stereocenters. The predicted molar refractivity (Wildman–Crippen MR) is 103 cm³/mol. The topological polar surface area (TPSA) is 67.9 Å². The largest absolute Gasteiger partial charge is 0.451 e. The van der Waals surface area contributed by atoms with E-state index < -0.39 is 23.0 Å². The van der Waals surface area contributed by atoms with Crippen LogP contribution in [0.15, 0.2) is 35.3 Å². The molecule has 10 heteroatoms. The molecule has 0 saturated carbocycles. The number of hydrogen-bond acceptors (Lipinski definition) is 5. The van der Waals surface area contributed by atoms with E-state index in [2.05, 4.69) is 4.98 Å². The van der Waals surface area contributed by atoms with Gasteiger partial charge in [0, 0.05) is 16.1 Å². The number of aryl methyl sites for hydroxylation is 2. The maximum Gasteiger partial charge on any atom is 0.420 e. The third-order valence-electron chi connectivity index (χ3n) is 3.96. The highest BCUT2D eigenvalue weighted by molar-refractivity contribution is 7.11. The van der Waals surface area contributed by atoms with Crippen LogP contribution >= 0.6 is 22.9 Å². The Morgan fingerprint density at radius 3 is 2.62 bits per heavy atom. The number of rotatable bonds is 4. The number of alkyl halides is 3. The van der Waals surface area contributed by atoms with E-state index in [0.29, 0.717) is 5.69 Å². The van der Waals surface area contributed by atoms with Crippen LogP contribution in [-0.2, 0) is 12.7 Å². The van der Waals surface area contributed by atoms with Crippen molar-refractivity contribution >= 4 is 22.9 Å². The van der Waals surface area contributed by atoms with Crippen LogP contribution in [0.1, 0.15) is 26.7 Å². The molecule has 3 aromatic rings. The molecule has 0 bridgehead atoms. The van der Waals surface area contributed by atoms with Crippen LogP contribution in [0.4, 0.5) is 13.2 Å². The van der Waals surface area contributed by atoms with Crippen molar-refractivity contribution in [2.24, 2.45) is 0 Å². The van der Waals surface area contributed by atoms with E-state index in [0.717, 1.165) is 26.7 Å². The van der Waals surface area contributed by atoms with Crippen molar-refractivity contribution < 1.29 is 17.9 Å². The van der Waals surface area contributed by atoms with Gasteiger partial charge in [-0.3, -0.25) is 4.79 Å². The first kappa shape index (κ1) is 20.9. The van der Waals surface area contributed by atoms with Crippen LogP contribution in [-0.4, -0.2) is 9.55 Å². The molecule has 2 aromatic heterocycles. The van der Waals surface area contributed by atoms with Gasteiger partial charge < -0.3 is 9.30 Å². The second-order valence-corrected chi connectivity index (χ2v) is 7.84. The zero-order valence-electron chi connectivity index (χ0n) is 15.2. The molecule has 29 heavy (non-hydrogen) atoms. The molecule has 3 rings (SSSR count). The molecule has 0 N–H and O–H groups in total. The smallest absolute Gasteiger partial charge is 0.420 e. The first-order chi connectivity index (χ1) is 13.6. The number of ether oxygens (including phenoxy) is 1. The van der Waals surface area contributed by atoms with Gasteiger partial charge in [-0.2, -0.15) is 18.4 Å². The molecular formula is C19H13ClF3N3O2S. The lowest BCUT2D eigenvalue weighted by atomic mass is 10.2. The Labute approximate surface area is 172 Å². The van der Waals surface area contributed by atoms with Gasteiger partial charge in [-0.05, 0) is 38.1 Å². The van der Waals surface area contributed by atoms with Crippen LogP contribution in [0.5, 0.6) is 11.5 Å². The quantitative estimate of drug-likeness (QED) is 0.552. The monoisotopic (exact) mass is 439 g/mol. The Hall–Kier alpha value is -2.83. The van der Waals surface area contributed by atoms with E-state index in [1.165, 1.54) is 29.5 Å². The second kappa shape index (κ2) is 7.89. The summed E-state index contributed by atoms with van der Waals surface area (Å²) in [5, 5.41) is 9.90. The average Bonchev–Trinajstić information content (AvgIpc) is 2.94. The van der Waals surface area contributed by atoms with Gasteiger partial charge in [-0.25, -0.2) is 4.98 Å². The summed E-state index contributed by atoms with van der Waals surface area (Å²) in [5.41, 5.74) is -1.37. The van der Waals surface area contributed by atoms with E-state index in [1.54, 1.807) is 13.8 Å². The van der Waals surface area contributed by atoms with Gasteiger partial charge in [0.05, 0.1) is 28.9 Å². The highest BCUT2D eigenvalue weighted by Gasteiger charge is 2.36. The summed E-state index contributed by atoms with van der Waals surface area (Å²) < 4.78 is 46.8. The molecule has 0 aliphatic carbocycles. The van der Waals surface area contributed by atoms with E-state index in [4.69, 9.17) is 21.6 Å². The second-order valence-electron chi connectivity index (χ2n) is 6.12. The summed E-state index contributed by atoms with van der Waals surface area (Å²) in [6, 6.07) is 6.39. The lowest BCUT2D eigenvalue weighted by Gasteiger charge is -2.15. The number of hydrogen-bond donors (Lipinski definition) is 0. The molecule has 0 spiro atoms. The zero-order chi connectivity index (χ0) is 21.3. The van der Waals surface area contributed by atoms with Crippen molar-refractivity contribution in [3.05, 3.63) is 72.5 Å². The Morgan fingerprint density at radius 1 is 1.31 bits per heavy atom. The molecule has 150 valence electrons. The number of halogens is 4. The minimum atomic E-state index is -4.80. The Morgan fingerprint density at radius 2 is 2.03 bits per heavy atom. The number of benzene rings is 1. The van der Waals surface area contributed by atoms with Crippen molar-refractivity contribution in [1.29, 1.82) is 5.26 Å². The highest BCUT2D eigenvalue weighted by Crippen LogP contribution is 2.36. The summed E-state index contributed by atoms with van der Waals surface area (Å²) >= 11 is 7.24. The predicted octanol–water partition coefficient (Wildman–Crippen LogP) is 5.31. The lowest BCUT2D eigenvalue weighted by molar-refractivity contribution is -0.138. The Bertz CT molecular complexity index is 1180. The molecule has 0 radical (unpaired) electrons. The SMILES string of the molecule is Cc1nc(C)c(Cn2ccc(C(F)(F)F)c(Oc3cc(Cl)cc(C#N)c3)c2=O)s1. The van der Waals surface area contributed by atoms with E-state index in [9.17, 15) is 18.0 Å². The molecule has 0 saturated heterocycles. The molecule has 0 fully saturated rings. The Kier molecular flexibility index (Phi) is 5.68. The van der Waals surface area contributed by atoms with Gasteiger partial charge in [-0.15, -0.1) is 11.3 Å². The van der Waals surface area contributed by atoms with Gasteiger partial charge in [0.25, 0.3) is 5.56 Å². The average molecular weight is 440 g/mol. The highest BCUT2D eigenvalue weighted by atomic mass is 35.5. The van der Waals surface area contributed by atoms with Crippen molar-refractivity contribution in [3.63, 3.8) is 0 Å². The van der Waals surface area contributed by atoms with Crippen molar-refractivity contribution in [2.75, 3.05) is 0 Å². The van der Waals surface area contributed by atoms with Crippen LogP contribution in [0.25, 0.3) is 0 Å². The fourth-order valence-corrected chi connectivity index (χ4v) is 3.84. The van der Waals surface area contributed by atoms with Crippen LogP contribution in [0.3, 0.4) is 0 Å². The van der Waals surface area contributed by atoms with Gasteiger partial charge in [0.15, 0.2) is 0 Å². The first-order valence-electron chi connectivity index (χ1n) is 8.20. The third kappa shape index (κ3) is 4.60. The van der Waals surface area contributed by atoms with Gasteiger partial charge in [-0.1, -0.05) is 11.6 Å². The minimum Gasteiger partial charge on any atom is -0.451 e. The number of pyridine rings is 1. The van der Waals surface area contributed by atoms with Gasteiger partial charge in [0.1, 0.15) is 11.3 Å². The van der Waals surface area contributed by atoms with E-state index in [1.807, 2.05) is 6.07 Å². The van der Waals surface area contributed by atoms with E-state index in [-0.39, 0.29) is 22.9 Å². The molecule has 0 unspecified atom stereocenters. The summed E-state index contributed by atoms with van der Waals surface area (Å²) in [5.74, 6) is -1.02. The molecule has 0 aliphatic rings. The fraction of sp³-hybridized carbons (Fsp3) is 0.211. The van der Waals surface area contributed by atoms with Crippen LogP contribution < -0.4 is 10.3 Å². The summed E-state index contributed by atoms with van der Waals surface area (Å²) in [7, 11) is 0. The molecule has 1 aromatic carbocycles. The Balaban J connectivity index is 2.10. The standard InChI is InChI=1S/C19H13ClF3N3O2S/c1-10-16(29-11(2)25-10)9-26-4-3-15(19(21,22)23)17(18(26)27)28-14-6-12(8-24)5-13(20)7-14/h3-7H,9H2,1-2H3. The molecule has 0 aliphatic heterocycles. The maximum absolute atomic E-state index is 13.5. The van der Waals surface area contributed by atoms with Crippen molar-refractivity contribution in [1.82, 2.24) is 9.55 Å². The first-order valence-corrected chi connectivity index (χ1v) is 9.40. The maximum atomic E-state index is 13.5. The van der Waals surface area contributed by atoms with Gasteiger partial charge >= 0.3 is 6.18 Å². The van der Waals surface area contributed by atoms with Crippen LogP contribution in [0.2, 0.25) is 5.02 Å². The number of nitriles is 1.